The summed E-state index contributed by atoms with van der Waals surface area (Å²) in [7, 11) is 0. The lowest BCUT2D eigenvalue weighted by molar-refractivity contribution is -0.427. The van der Waals surface area contributed by atoms with E-state index in [4.69, 9.17) is 0 Å². The van der Waals surface area contributed by atoms with Gasteiger partial charge in [-0.2, -0.15) is 105 Å². The number of rotatable bonds is 39. The normalized spacial score (nSPS) is 16.2. The SMILES string of the molecule is C=CCCCCCCC(CCCC)CC(F)(F)C(F)(F)C(F)(F)C(F)(F)C(F)(F)C(F)(F)CC(CCCC)CCCCCCC(CCCC)CC(F)(F)C(F)(F)C(F)(F)C(F)(F)C(F)(F)C(F)(F)I. The molecule has 0 saturated heterocycles. The van der Waals surface area contributed by atoms with Gasteiger partial charge in [-0.25, -0.2) is 0 Å². The van der Waals surface area contributed by atoms with E-state index in [1.807, 2.05) is 0 Å². The summed E-state index contributed by atoms with van der Waals surface area (Å²) in [5.41, 5.74) is 0. The van der Waals surface area contributed by atoms with Crippen molar-refractivity contribution in [2.75, 3.05) is 0 Å². The van der Waals surface area contributed by atoms with Crippen molar-refractivity contribution in [1.29, 1.82) is 0 Å². The molecule has 69 heavy (non-hydrogen) atoms. The van der Waals surface area contributed by atoms with Crippen molar-refractivity contribution < 1.29 is 105 Å². The fourth-order valence-corrected chi connectivity index (χ4v) is 8.29. The van der Waals surface area contributed by atoms with Gasteiger partial charge in [0, 0.05) is 41.9 Å². The van der Waals surface area contributed by atoms with Crippen LogP contribution in [0.3, 0.4) is 0 Å². The fourth-order valence-electron chi connectivity index (χ4n) is 7.95. The maximum Gasteiger partial charge on any atom is 0.387 e. The quantitative estimate of drug-likeness (QED) is 0.0189. The van der Waals surface area contributed by atoms with Crippen LogP contribution in [0.4, 0.5) is 105 Å². The molecule has 0 rings (SSSR count). The Morgan fingerprint density at radius 3 is 0.754 bits per heavy atom. The highest BCUT2D eigenvalue weighted by molar-refractivity contribution is 14.1. The van der Waals surface area contributed by atoms with Crippen LogP contribution in [0.25, 0.3) is 0 Å². The molecule has 0 nitrogen and oxygen atoms in total. The summed E-state index contributed by atoms with van der Waals surface area (Å²) in [5.74, 6) is -83.6. The smallest absolute Gasteiger partial charge is 0.200 e. The van der Waals surface area contributed by atoms with Crippen molar-refractivity contribution in [1.82, 2.24) is 0 Å². The summed E-state index contributed by atoms with van der Waals surface area (Å²) in [6.45, 7) is 7.98. The first-order chi connectivity index (χ1) is 31.1. The second-order valence-corrected chi connectivity index (χ2v) is 19.5. The van der Waals surface area contributed by atoms with Crippen LogP contribution in [-0.2, 0) is 0 Å². The van der Waals surface area contributed by atoms with Crippen LogP contribution in [0.5, 0.6) is 0 Å². The Bertz CT molecular complexity index is 1470. The molecule has 0 saturated carbocycles. The first-order valence-corrected chi connectivity index (χ1v) is 24.0. The summed E-state index contributed by atoms with van der Waals surface area (Å²) in [6.07, 6.45) is -5.97. The van der Waals surface area contributed by atoms with Gasteiger partial charge in [-0.15, -0.1) is 6.58 Å². The summed E-state index contributed by atoms with van der Waals surface area (Å²) in [6, 6.07) is 0. The maximum atomic E-state index is 15.2. The van der Waals surface area contributed by atoms with E-state index in [0.717, 1.165) is 0 Å². The highest BCUT2D eigenvalue weighted by Gasteiger charge is 2.91. The van der Waals surface area contributed by atoms with E-state index in [-0.39, 0.29) is 77.0 Å². The van der Waals surface area contributed by atoms with Crippen LogP contribution in [-0.4, -0.2) is 69.1 Å². The molecule has 0 aromatic heterocycles. The predicted octanol–water partition coefficient (Wildman–Crippen LogP) is 20.5. The highest BCUT2D eigenvalue weighted by atomic mass is 127. The Morgan fingerprint density at radius 1 is 0.319 bits per heavy atom. The van der Waals surface area contributed by atoms with Crippen LogP contribution < -0.4 is 0 Å². The molecule has 0 aliphatic rings. The Kier molecular flexibility index (Phi) is 25.9. The standard InChI is InChI=1S/C44H63F24I/c1-5-9-13-14-15-18-24-30(21-10-6-2)27-33(45,46)36(51,52)39(57,58)40(59,60)37(53,54)34(47,48)28-31(22-11-7-3)25-19-16-17-20-26-32(23-12-8-4)29-35(49,50)38(55,56)41(61,62)42(63,64)43(65,66)44(67,68)69/h5,30-32H,1,6-29H2,2-4H3. The van der Waals surface area contributed by atoms with Crippen LogP contribution in [0.15, 0.2) is 12.7 Å². The molecule has 0 bridgehead atoms. The van der Waals surface area contributed by atoms with E-state index in [1.165, 1.54) is 13.8 Å². The summed E-state index contributed by atoms with van der Waals surface area (Å²) >= 11 is -0.759. The van der Waals surface area contributed by atoms with Gasteiger partial charge >= 0.3 is 69.1 Å². The van der Waals surface area contributed by atoms with Crippen molar-refractivity contribution in [2.45, 2.75) is 244 Å². The average molecular weight is 1170 g/mol. The molecule has 0 aliphatic carbocycles. The fraction of sp³-hybridized carbons (Fsp3) is 0.955. The third kappa shape index (κ3) is 15.9. The zero-order valence-corrected chi connectivity index (χ0v) is 40.6. The van der Waals surface area contributed by atoms with Crippen LogP contribution in [0, 0.1) is 17.8 Å². The number of unbranched alkanes of at least 4 members (excludes halogenated alkanes) is 10. The molecule has 0 aromatic carbocycles. The number of allylic oxidation sites excluding steroid dienone is 1. The minimum Gasteiger partial charge on any atom is -0.200 e. The molecule has 0 amide bonds. The molecule has 25 heteroatoms. The van der Waals surface area contributed by atoms with E-state index in [0.29, 0.717) is 32.1 Å². The lowest BCUT2D eigenvalue weighted by atomic mass is 9.82. The average Bonchev–Trinajstić information content (AvgIpc) is 3.21. The summed E-state index contributed by atoms with van der Waals surface area (Å²) < 4.78 is 343. The molecule has 0 spiro atoms. The molecule has 0 aromatic rings. The van der Waals surface area contributed by atoms with Gasteiger partial charge in [-0.3, -0.25) is 0 Å². The van der Waals surface area contributed by atoms with Gasteiger partial charge in [0.05, 0.1) is 0 Å². The highest BCUT2D eigenvalue weighted by Crippen LogP contribution is 2.64. The molecule has 3 unspecified atom stereocenters. The third-order valence-electron chi connectivity index (χ3n) is 12.4. The Morgan fingerprint density at radius 2 is 0.536 bits per heavy atom. The molecule has 3 atom stereocenters. The number of hydrogen-bond acceptors (Lipinski definition) is 0. The number of hydrogen-bond donors (Lipinski definition) is 0. The van der Waals surface area contributed by atoms with Gasteiger partial charge in [0.2, 0.25) is 0 Å². The van der Waals surface area contributed by atoms with Gasteiger partial charge in [-0.1, -0.05) is 149 Å². The second kappa shape index (κ2) is 26.3. The summed E-state index contributed by atoms with van der Waals surface area (Å²) in [5, 5.41) is 0. The molecule has 0 aliphatic heterocycles. The molecule has 0 N–H and O–H groups in total. The van der Waals surface area contributed by atoms with Crippen molar-refractivity contribution in [3.8, 4) is 0 Å². The van der Waals surface area contributed by atoms with Crippen molar-refractivity contribution >= 4 is 22.6 Å². The first kappa shape index (κ1) is 67.8. The lowest BCUT2D eigenvalue weighted by Crippen LogP contribution is -2.70. The summed E-state index contributed by atoms with van der Waals surface area (Å²) in [4.78, 5) is 0. The molecule has 0 radical (unpaired) electrons. The van der Waals surface area contributed by atoms with Crippen molar-refractivity contribution in [2.24, 2.45) is 17.8 Å². The van der Waals surface area contributed by atoms with Gasteiger partial charge in [0.1, 0.15) is 0 Å². The molecular formula is C44H63F24I. The molecule has 0 heterocycles. The minimum atomic E-state index is -7.77. The first-order valence-electron chi connectivity index (χ1n) is 22.9. The van der Waals surface area contributed by atoms with E-state index in [1.54, 1.807) is 13.0 Å². The van der Waals surface area contributed by atoms with Gasteiger partial charge < -0.3 is 0 Å². The van der Waals surface area contributed by atoms with Crippen molar-refractivity contribution in [3.05, 3.63) is 12.7 Å². The molecule has 0 fully saturated rings. The van der Waals surface area contributed by atoms with Crippen LogP contribution >= 0.6 is 22.6 Å². The van der Waals surface area contributed by atoms with Gasteiger partial charge in [0.25, 0.3) is 0 Å². The van der Waals surface area contributed by atoms with Crippen LogP contribution in [0.1, 0.15) is 175 Å². The zero-order chi connectivity index (χ0) is 54.4. The Balaban J connectivity index is 6.12. The largest absolute Gasteiger partial charge is 0.387 e. The predicted molar refractivity (Wildman–Crippen MR) is 222 cm³/mol. The van der Waals surface area contributed by atoms with E-state index in [9.17, 15) is 79.0 Å². The zero-order valence-electron chi connectivity index (χ0n) is 38.4. The van der Waals surface area contributed by atoms with E-state index >= 15 is 26.3 Å². The van der Waals surface area contributed by atoms with Gasteiger partial charge in [0.15, 0.2) is 0 Å². The van der Waals surface area contributed by atoms with Crippen molar-refractivity contribution in [3.63, 3.8) is 0 Å². The van der Waals surface area contributed by atoms with E-state index in [2.05, 4.69) is 6.58 Å². The molecule has 414 valence electrons. The topological polar surface area (TPSA) is 0 Å². The second-order valence-electron chi connectivity index (χ2n) is 18.1. The minimum absolute atomic E-state index is 0.0712. The molecular weight excluding hydrogens is 1110 g/mol. The number of alkyl halides is 25. The number of halogens is 25. The Hall–Kier alpha value is -1.21. The Labute approximate surface area is 401 Å². The van der Waals surface area contributed by atoms with Crippen LogP contribution in [0.2, 0.25) is 0 Å². The monoisotopic (exact) mass is 1170 g/mol. The maximum absolute atomic E-state index is 15.2. The third-order valence-corrected chi connectivity index (χ3v) is 13.1. The van der Waals surface area contributed by atoms with E-state index < -0.39 is 154 Å². The lowest BCUT2D eigenvalue weighted by Gasteiger charge is -2.42. The van der Waals surface area contributed by atoms with Gasteiger partial charge in [-0.05, 0) is 30.6 Å².